The van der Waals surface area contributed by atoms with Gasteiger partial charge in [-0.1, -0.05) is 6.07 Å². The number of fused-ring (bicyclic) bond motifs is 1. The van der Waals surface area contributed by atoms with E-state index in [1.807, 2.05) is 24.3 Å². The fourth-order valence-electron chi connectivity index (χ4n) is 2.44. The molecule has 0 unspecified atom stereocenters. The van der Waals surface area contributed by atoms with Gasteiger partial charge in [0.2, 0.25) is 11.8 Å². The van der Waals surface area contributed by atoms with Gasteiger partial charge in [-0.25, -0.2) is 4.98 Å². The molecule has 3 aromatic rings. The van der Waals surface area contributed by atoms with Gasteiger partial charge in [-0.15, -0.1) is 0 Å². The third-order valence-electron chi connectivity index (χ3n) is 3.69. The van der Waals surface area contributed by atoms with Crippen LogP contribution >= 0.6 is 0 Å². The largest absolute Gasteiger partial charge is 0.481 e. The molecule has 2 N–H and O–H groups in total. The van der Waals surface area contributed by atoms with Crippen molar-refractivity contribution in [3.05, 3.63) is 64.1 Å². The zero-order valence-corrected chi connectivity index (χ0v) is 13.4. The van der Waals surface area contributed by atoms with Crippen molar-refractivity contribution < 1.29 is 9.53 Å². The molecule has 0 atom stereocenters. The summed E-state index contributed by atoms with van der Waals surface area (Å²) in [5.74, 6) is 0.356. The van der Waals surface area contributed by atoms with Gasteiger partial charge in [-0.05, 0) is 42.1 Å². The number of aryl methyl sites for hydroxylation is 1. The number of aromatic nitrogens is 2. The summed E-state index contributed by atoms with van der Waals surface area (Å²) in [4.78, 5) is 30.6. The van der Waals surface area contributed by atoms with Crippen LogP contribution in [0.1, 0.15) is 11.1 Å². The average Bonchev–Trinajstić information content (AvgIpc) is 2.57. The second kappa shape index (κ2) is 6.54. The lowest BCUT2D eigenvalue weighted by molar-refractivity contribution is -0.115. The first-order chi connectivity index (χ1) is 11.5. The maximum atomic E-state index is 12.2. The normalized spacial score (nSPS) is 10.6. The van der Waals surface area contributed by atoms with Gasteiger partial charge < -0.3 is 15.0 Å². The molecule has 0 radical (unpaired) electrons. The number of nitrogens with zero attached hydrogens (tertiary/aromatic N) is 1. The van der Waals surface area contributed by atoms with Gasteiger partial charge in [0.1, 0.15) is 0 Å². The Balaban J connectivity index is 1.74. The van der Waals surface area contributed by atoms with E-state index in [9.17, 15) is 9.59 Å². The highest BCUT2D eigenvalue weighted by molar-refractivity contribution is 5.93. The summed E-state index contributed by atoms with van der Waals surface area (Å²) in [6.45, 7) is 1.76. The summed E-state index contributed by atoms with van der Waals surface area (Å²) in [6, 6.07) is 10.8. The Labute approximate surface area is 138 Å². The molecule has 1 amide bonds. The van der Waals surface area contributed by atoms with E-state index in [1.165, 1.54) is 7.11 Å². The number of hydrogen-bond donors (Lipinski definition) is 2. The molecule has 0 spiro atoms. The molecule has 24 heavy (non-hydrogen) atoms. The molecule has 6 nitrogen and oxygen atoms in total. The molecule has 0 fully saturated rings. The summed E-state index contributed by atoms with van der Waals surface area (Å²) in [5, 5.41) is 3.70. The lowest BCUT2D eigenvalue weighted by Crippen LogP contribution is -2.14. The number of carbonyl (C=O) groups is 1. The minimum absolute atomic E-state index is 0.0972. The first-order valence-corrected chi connectivity index (χ1v) is 7.47. The number of methoxy groups -OCH3 is 1. The highest BCUT2D eigenvalue weighted by Crippen LogP contribution is 2.15. The molecule has 2 heterocycles. The predicted octanol–water partition coefficient (Wildman–Crippen LogP) is 2.42. The van der Waals surface area contributed by atoms with E-state index in [-0.39, 0.29) is 17.9 Å². The van der Waals surface area contributed by atoms with Crippen LogP contribution < -0.4 is 15.6 Å². The van der Waals surface area contributed by atoms with E-state index in [0.29, 0.717) is 17.1 Å². The fourth-order valence-corrected chi connectivity index (χ4v) is 2.44. The summed E-state index contributed by atoms with van der Waals surface area (Å²) in [7, 11) is 1.54. The zero-order valence-electron chi connectivity index (χ0n) is 13.4. The van der Waals surface area contributed by atoms with E-state index in [0.717, 1.165) is 16.5 Å². The Morgan fingerprint density at radius 2 is 2.08 bits per heavy atom. The number of carbonyl (C=O) groups excluding carboxylic acids is 1. The second-order valence-electron chi connectivity index (χ2n) is 5.52. The van der Waals surface area contributed by atoms with Gasteiger partial charge in [-0.2, -0.15) is 0 Å². The molecule has 0 saturated heterocycles. The number of pyridine rings is 2. The first-order valence-electron chi connectivity index (χ1n) is 7.47. The van der Waals surface area contributed by atoms with Crippen molar-refractivity contribution in [1.82, 2.24) is 9.97 Å². The molecule has 0 bridgehead atoms. The number of hydrogen-bond acceptors (Lipinski definition) is 4. The standard InChI is InChI=1S/C18H17N3O3/c1-11-7-13-8-12(3-5-15(13)21-18(11)23)9-16(22)20-14-4-6-17(24-2)19-10-14/h3-8,10H,9H2,1-2H3,(H,20,22)(H,21,23). The number of aromatic amines is 1. The SMILES string of the molecule is COc1ccc(NC(=O)Cc2ccc3[nH]c(=O)c(C)cc3c2)cn1. The molecular formula is C18H17N3O3. The summed E-state index contributed by atoms with van der Waals surface area (Å²) in [6.07, 6.45) is 1.78. The zero-order chi connectivity index (χ0) is 17.1. The molecule has 0 aliphatic carbocycles. The molecule has 3 rings (SSSR count). The van der Waals surface area contributed by atoms with Crippen LogP contribution in [0.2, 0.25) is 0 Å². The van der Waals surface area contributed by atoms with E-state index in [1.54, 1.807) is 25.3 Å². The van der Waals surface area contributed by atoms with Gasteiger partial charge in [0.25, 0.3) is 5.56 Å². The van der Waals surface area contributed by atoms with Crippen LogP contribution in [0.25, 0.3) is 10.9 Å². The second-order valence-corrected chi connectivity index (χ2v) is 5.52. The van der Waals surface area contributed by atoms with Gasteiger partial charge in [0.05, 0.1) is 25.4 Å². The fraction of sp³-hybridized carbons (Fsp3) is 0.167. The van der Waals surface area contributed by atoms with Crippen molar-refractivity contribution in [2.75, 3.05) is 12.4 Å². The highest BCUT2D eigenvalue weighted by atomic mass is 16.5. The van der Waals surface area contributed by atoms with Crippen LogP contribution in [0.4, 0.5) is 5.69 Å². The first kappa shape index (κ1) is 15.7. The maximum Gasteiger partial charge on any atom is 0.251 e. The molecule has 1 aromatic carbocycles. The third-order valence-corrected chi connectivity index (χ3v) is 3.69. The quantitative estimate of drug-likeness (QED) is 0.772. The minimum Gasteiger partial charge on any atom is -0.481 e. The van der Waals surface area contributed by atoms with Gasteiger partial charge in [-0.3, -0.25) is 9.59 Å². The maximum absolute atomic E-state index is 12.2. The van der Waals surface area contributed by atoms with Crippen LogP contribution in [-0.4, -0.2) is 23.0 Å². The molecule has 0 aliphatic rings. The summed E-state index contributed by atoms with van der Waals surface area (Å²) in [5.41, 5.74) is 2.79. The van der Waals surface area contributed by atoms with Crippen molar-refractivity contribution in [1.29, 1.82) is 0 Å². The molecular weight excluding hydrogens is 306 g/mol. The third kappa shape index (κ3) is 3.43. The van der Waals surface area contributed by atoms with Gasteiger partial charge in [0.15, 0.2) is 0 Å². The molecule has 2 aromatic heterocycles. The minimum atomic E-state index is -0.137. The van der Waals surface area contributed by atoms with Gasteiger partial charge >= 0.3 is 0 Å². The predicted molar refractivity (Wildman–Crippen MR) is 92.4 cm³/mol. The highest BCUT2D eigenvalue weighted by Gasteiger charge is 2.07. The number of anilines is 1. The van der Waals surface area contributed by atoms with Crippen LogP contribution in [0.15, 0.2) is 47.4 Å². The number of rotatable bonds is 4. The molecule has 0 saturated carbocycles. The number of nitrogens with one attached hydrogen (secondary N) is 2. The molecule has 122 valence electrons. The smallest absolute Gasteiger partial charge is 0.251 e. The molecule has 0 aliphatic heterocycles. The lowest BCUT2D eigenvalue weighted by Gasteiger charge is -2.07. The lowest BCUT2D eigenvalue weighted by atomic mass is 10.1. The van der Waals surface area contributed by atoms with Crippen LogP contribution in [0.3, 0.4) is 0 Å². The number of amides is 1. The van der Waals surface area contributed by atoms with Gasteiger partial charge in [0, 0.05) is 17.1 Å². The van der Waals surface area contributed by atoms with Crippen LogP contribution in [0, 0.1) is 6.92 Å². The van der Waals surface area contributed by atoms with E-state index >= 15 is 0 Å². The molecule has 6 heteroatoms. The van der Waals surface area contributed by atoms with Crippen molar-refractivity contribution in [3.63, 3.8) is 0 Å². The topological polar surface area (TPSA) is 84.1 Å². The summed E-state index contributed by atoms with van der Waals surface area (Å²) < 4.78 is 4.98. The Morgan fingerprint density at radius 3 is 2.79 bits per heavy atom. The Bertz CT molecular complexity index is 946. The Morgan fingerprint density at radius 1 is 1.25 bits per heavy atom. The van der Waals surface area contributed by atoms with Crippen molar-refractivity contribution in [3.8, 4) is 5.88 Å². The number of benzene rings is 1. The van der Waals surface area contributed by atoms with E-state index in [2.05, 4.69) is 15.3 Å². The van der Waals surface area contributed by atoms with Crippen LogP contribution in [-0.2, 0) is 11.2 Å². The van der Waals surface area contributed by atoms with Crippen molar-refractivity contribution in [2.24, 2.45) is 0 Å². The Hall–Kier alpha value is -3.15. The van der Waals surface area contributed by atoms with Crippen LogP contribution in [0.5, 0.6) is 5.88 Å². The van der Waals surface area contributed by atoms with Crippen molar-refractivity contribution in [2.45, 2.75) is 13.3 Å². The summed E-state index contributed by atoms with van der Waals surface area (Å²) >= 11 is 0. The average molecular weight is 323 g/mol. The number of ether oxygens (including phenoxy) is 1. The van der Waals surface area contributed by atoms with E-state index in [4.69, 9.17) is 4.74 Å². The monoisotopic (exact) mass is 323 g/mol. The van der Waals surface area contributed by atoms with Crippen molar-refractivity contribution >= 4 is 22.5 Å². The van der Waals surface area contributed by atoms with E-state index < -0.39 is 0 Å². The Kier molecular flexibility index (Phi) is 4.29. The number of H-pyrrole nitrogens is 1.